The van der Waals surface area contributed by atoms with E-state index in [0.29, 0.717) is 12.2 Å². The summed E-state index contributed by atoms with van der Waals surface area (Å²) in [6, 6.07) is 0. The highest BCUT2D eigenvalue weighted by Gasteiger charge is 1.95. The van der Waals surface area contributed by atoms with Crippen LogP contribution < -0.4 is 0 Å². The lowest BCUT2D eigenvalue weighted by Gasteiger charge is -1.92. The number of rotatable bonds is 4. The summed E-state index contributed by atoms with van der Waals surface area (Å²) in [6.45, 7) is 6.05. The maximum atomic E-state index is 10.9. The zero-order valence-corrected chi connectivity index (χ0v) is 7.11. The first-order valence-electron chi connectivity index (χ1n) is 3.82. The first-order valence-corrected chi connectivity index (χ1v) is 3.82. The molecule has 0 fully saturated rings. The Kier molecular flexibility index (Phi) is 4.91. The number of hydrogen-bond acceptors (Lipinski definition) is 1. The molecular formula is C9H16O. The second-order valence-corrected chi connectivity index (χ2v) is 2.77. The van der Waals surface area contributed by atoms with Gasteiger partial charge < -0.3 is 0 Å². The van der Waals surface area contributed by atoms with E-state index in [1.54, 1.807) is 0 Å². The lowest BCUT2D eigenvalue weighted by molar-refractivity contribution is -0.118. The Morgan fingerprint density at radius 3 is 2.40 bits per heavy atom. The third-order valence-electron chi connectivity index (χ3n) is 1.27. The molecule has 0 aliphatic carbocycles. The average molecular weight is 140 g/mol. The molecule has 58 valence electrons. The van der Waals surface area contributed by atoms with Crippen LogP contribution in [0.25, 0.3) is 0 Å². The van der Waals surface area contributed by atoms with Gasteiger partial charge in [-0.2, -0.15) is 0 Å². The summed E-state index contributed by atoms with van der Waals surface area (Å²) in [7, 11) is 0. The van der Waals surface area contributed by atoms with E-state index < -0.39 is 0 Å². The van der Waals surface area contributed by atoms with Crippen LogP contribution in [0.1, 0.15) is 40.0 Å². The van der Waals surface area contributed by atoms with Crippen molar-refractivity contribution in [3.63, 3.8) is 0 Å². The van der Waals surface area contributed by atoms with E-state index in [0.717, 1.165) is 12.8 Å². The van der Waals surface area contributed by atoms with Crippen LogP contribution in [0.4, 0.5) is 0 Å². The summed E-state index contributed by atoms with van der Waals surface area (Å²) in [4.78, 5) is 10.9. The predicted octanol–water partition coefficient (Wildman–Crippen LogP) is 2.71. The van der Waals surface area contributed by atoms with Crippen molar-refractivity contribution in [2.75, 3.05) is 0 Å². The quantitative estimate of drug-likeness (QED) is 0.549. The molecule has 0 atom stereocenters. The standard InChI is InChI=1S/C9H16O/c1-4-5-9(10)7-6-8(2)3/h6H,4-5,7H2,1-3H3. The Labute approximate surface area is 63.1 Å². The summed E-state index contributed by atoms with van der Waals surface area (Å²) in [5.41, 5.74) is 1.23. The molecule has 0 aromatic heterocycles. The number of allylic oxidation sites excluding steroid dienone is 2. The summed E-state index contributed by atoms with van der Waals surface area (Å²) < 4.78 is 0. The van der Waals surface area contributed by atoms with E-state index in [1.807, 2.05) is 26.8 Å². The van der Waals surface area contributed by atoms with Gasteiger partial charge in [0.1, 0.15) is 5.78 Å². The van der Waals surface area contributed by atoms with Crippen molar-refractivity contribution in [3.8, 4) is 0 Å². The first kappa shape index (κ1) is 9.41. The Morgan fingerprint density at radius 2 is 2.00 bits per heavy atom. The van der Waals surface area contributed by atoms with Gasteiger partial charge in [0, 0.05) is 12.8 Å². The Hall–Kier alpha value is -0.590. The fourth-order valence-electron chi connectivity index (χ4n) is 0.699. The van der Waals surface area contributed by atoms with Gasteiger partial charge in [-0.15, -0.1) is 0 Å². The second kappa shape index (κ2) is 5.21. The van der Waals surface area contributed by atoms with Gasteiger partial charge in [0.15, 0.2) is 0 Å². The molecule has 0 radical (unpaired) electrons. The fourth-order valence-corrected chi connectivity index (χ4v) is 0.699. The molecule has 0 saturated heterocycles. The van der Waals surface area contributed by atoms with Crippen molar-refractivity contribution in [2.24, 2.45) is 0 Å². The highest BCUT2D eigenvalue weighted by Crippen LogP contribution is 1.98. The zero-order valence-electron chi connectivity index (χ0n) is 7.11. The Balaban J connectivity index is 3.49. The van der Waals surface area contributed by atoms with Crippen molar-refractivity contribution in [1.82, 2.24) is 0 Å². The Bertz CT molecular complexity index is 130. The lowest BCUT2D eigenvalue weighted by Crippen LogP contribution is -1.93. The van der Waals surface area contributed by atoms with E-state index >= 15 is 0 Å². The molecule has 10 heavy (non-hydrogen) atoms. The molecule has 0 aliphatic heterocycles. The SMILES string of the molecule is CCCC(=O)CC=C(C)C. The van der Waals surface area contributed by atoms with Gasteiger partial charge in [0.05, 0.1) is 0 Å². The molecule has 1 heteroatoms. The van der Waals surface area contributed by atoms with E-state index in [4.69, 9.17) is 0 Å². The highest BCUT2D eigenvalue weighted by atomic mass is 16.1. The molecular weight excluding hydrogens is 124 g/mol. The van der Waals surface area contributed by atoms with Crippen molar-refractivity contribution in [1.29, 1.82) is 0 Å². The second-order valence-electron chi connectivity index (χ2n) is 2.77. The van der Waals surface area contributed by atoms with Crippen molar-refractivity contribution in [3.05, 3.63) is 11.6 Å². The molecule has 0 aliphatic rings. The molecule has 0 amide bonds. The minimum absolute atomic E-state index is 0.351. The maximum absolute atomic E-state index is 10.9. The fraction of sp³-hybridized carbons (Fsp3) is 0.667. The van der Waals surface area contributed by atoms with E-state index in [1.165, 1.54) is 5.57 Å². The summed E-state index contributed by atoms with van der Waals surface area (Å²) in [5, 5.41) is 0. The van der Waals surface area contributed by atoms with Gasteiger partial charge in [-0.1, -0.05) is 18.6 Å². The molecule has 0 spiro atoms. The van der Waals surface area contributed by atoms with Gasteiger partial charge >= 0.3 is 0 Å². The number of carbonyl (C=O) groups excluding carboxylic acids is 1. The molecule has 0 heterocycles. The van der Waals surface area contributed by atoms with E-state index in [-0.39, 0.29) is 0 Å². The molecule has 0 unspecified atom stereocenters. The normalized spacial score (nSPS) is 9.10. The number of hydrogen-bond donors (Lipinski definition) is 0. The smallest absolute Gasteiger partial charge is 0.136 e. The topological polar surface area (TPSA) is 17.1 Å². The molecule has 0 aromatic carbocycles. The third kappa shape index (κ3) is 5.54. The number of ketones is 1. The zero-order chi connectivity index (χ0) is 7.98. The summed E-state index contributed by atoms with van der Waals surface area (Å²) in [6.07, 6.45) is 4.30. The molecule has 0 saturated carbocycles. The van der Waals surface area contributed by atoms with Crippen LogP contribution >= 0.6 is 0 Å². The summed E-state index contributed by atoms with van der Waals surface area (Å²) >= 11 is 0. The van der Waals surface area contributed by atoms with E-state index in [2.05, 4.69) is 0 Å². The molecule has 0 rings (SSSR count). The average Bonchev–Trinajstić information content (AvgIpc) is 1.85. The van der Waals surface area contributed by atoms with Crippen LogP contribution in [0.5, 0.6) is 0 Å². The molecule has 0 N–H and O–H groups in total. The Morgan fingerprint density at radius 1 is 1.40 bits per heavy atom. The van der Waals surface area contributed by atoms with Crippen LogP contribution in [0.15, 0.2) is 11.6 Å². The van der Waals surface area contributed by atoms with Crippen LogP contribution in [0, 0.1) is 0 Å². The predicted molar refractivity (Wildman–Crippen MR) is 44.0 cm³/mol. The van der Waals surface area contributed by atoms with Crippen LogP contribution in [-0.4, -0.2) is 5.78 Å². The van der Waals surface area contributed by atoms with Gasteiger partial charge in [-0.3, -0.25) is 4.79 Å². The minimum atomic E-state index is 0.351. The van der Waals surface area contributed by atoms with Crippen LogP contribution in [0.3, 0.4) is 0 Å². The largest absolute Gasteiger partial charge is 0.299 e. The maximum Gasteiger partial charge on any atom is 0.136 e. The van der Waals surface area contributed by atoms with Crippen molar-refractivity contribution < 1.29 is 4.79 Å². The minimum Gasteiger partial charge on any atom is -0.299 e. The first-order chi connectivity index (χ1) is 4.66. The number of Topliss-reactive ketones (excluding diaryl/α,β-unsaturated/α-hetero) is 1. The van der Waals surface area contributed by atoms with Gasteiger partial charge in [-0.25, -0.2) is 0 Å². The highest BCUT2D eigenvalue weighted by molar-refractivity contribution is 5.79. The van der Waals surface area contributed by atoms with Gasteiger partial charge in [-0.05, 0) is 20.3 Å². The van der Waals surface area contributed by atoms with Crippen LogP contribution in [-0.2, 0) is 4.79 Å². The number of carbonyl (C=O) groups is 1. The summed E-state index contributed by atoms with van der Waals surface area (Å²) in [5.74, 6) is 0.351. The lowest BCUT2D eigenvalue weighted by atomic mass is 10.1. The van der Waals surface area contributed by atoms with Crippen molar-refractivity contribution >= 4 is 5.78 Å². The molecule has 0 bridgehead atoms. The van der Waals surface area contributed by atoms with Gasteiger partial charge in [0.2, 0.25) is 0 Å². The molecule has 1 nitrogen and oxygen atoms in total. The monoisotopic (exact) mass is 140 g/mol. The van der Waals surface area contributed by atoms with Gasteiger partial charge in [0.25, 0.3) is 0 Å². The van der Waals surface area contributed by atoms with Crippen molar-refractivity contribution in [2.45, 2.75) is 40.0 Å². The molecule has 0 aromatic rings. The van der Waals surface area contributed by atoms with Crippen LogP contribution in [0.2, 0.25) is 0 Å². The third-order valence-corrected chi connectivity index (χ3v) is 1.27. The van der Waals surface area contributed by atoms with E-state index in [9.17, 15) is 4.79 Å².